The van der Waals surface area contributed by atoms with Gasteiger partial charge >= 0.3 is 5.43 Å². The predicted molar refractivity (Wildman–Crippen MR) is 63.8 cm³/mol. The van der Waals surface area contributed by atoms with Crippen molar-refractivity contribution in [1.29, 1.82) is 0 Å². The summed E-state index contributed by atoms with van der Waals surface area (Å²) in [4.78, 5) is 10.8. The second-order valence-corrected chi connectivity index (χ2v) is 4.50. The lowest BCUT2D eigenvalue weighted by molar-refractivity contribution is 0.0793. The van der Waals surface area contributed by atoms with E-state index in [-0.39, 0.29) is 6.10 Å². The molecule has 2 atom stereocenters. The fourth-order valence-electron chi connectivity index (χ4n) is 2.44. The number of hydrogen-bond donors (Lipinski definition) is 0. The number of rotatable bonds is 2. The van der Waals surface area contributed by atoms with Gasteiger partial charge in [0.2, 0.25) is 0 Å². The third kappa shape index (κ3) is 2.76. The van der Waals surface area contributed by atoms with Gasteiger partial charge in [-0.25, -0.2) is 4.79 Å². The molecule has 1 fully saturated rings. The topological polar surface area (TPSA) is 26.3 Å². The number of halogens is 1. The number of hydrogen-bond acceptors (Lipinski definition) is 2. The molecule has 0 heterocycles. The van der Waals surface area contributed by atoms with E-state index in [0.717, 1.165) is 19.3 Å². The Hall–Kier alpha value is -1.02. The minimum Gasteiger partial charge on any atom is -0.450 e. The van der Waals surface area contributed by atoms with Gasteiger partial charge in [0, 0.05) is 17.5 Å². The van der Waals surface area contributed by atoms with Crippen LogP contribution in [-0.2, 0) is 4.74 Å². The minimum absolute atomic E-state index is 0.0545. The van der Waals surface area contributed by atoms with Gasteiger partial charge in [0.1, 0.15) is 6.10 Å². The van der Waals surface area contributed by atoms with E-state index in [9.17, 15) is 4.79 Å². The van der Waals surface area contributed by atoms with Crippen LogP contribution in [0.4, 0.5) is 4.79 Å². The van der Waals surface area contributed by atoms with Crippen LogP contribution in [0.3, 0.4) is 0 Å². The molecule has 0 bridgehead atoms. The van der Waals surface area contributed by atoms with Crippen LogP contribution in [0.15, 0.2) is 30.3 Å². The van der Waals surface area contributed by atoms with Gasteiger partial charge in [-0.05, 0) is 24.8 Å². The molecule has 0 amide bonds. The molecule has 2 rings (SSSR count). The van der Waals surface area contributed by atoms with Crippen molar-refractivity contribution in [1.82, 2.24) is 0 Å². The fraction of sp³-hybridized carbons (Fsp3) is 0.462. The Kier molecular flexibility index (Phi) is 3.83. The number of benzene rings is 1. The summed E-state index contributed by atoms with van der Waals surface area (Å²) in [6, 6.07) is 10.2. The summed E-state index contributed by atoms with van der Waals surface area (Å²) < 4.78 is 5.18. The Labute approximate surface area is 101 Å². The van der Waals surface area contributed by atoms with Crippen LogP contribution in [0.1, 0.15) is 37.2 Å². The van der Waals surface area contributed by atoms with Crippen molar-refractivity contribution in [3.63, 3.8) is 0 Å². The summed E-state index contributed by atoms with van der Waals surface area (Å²) >= 11 is 5.30. The average Bonchev–Trinajstić information content (AvgIpc) is 2.30. The number of carbonyl (C=O) groups is 1. The fourth-order valence-corrected chi connectivity index (χ4v) is 2.55. The molecule has 0 aliphatic heterocycles. The van der Waals surface area contributed by atoms with Crippen molar-refractivity contribution >= 4 is 17.0 Å². The molecule has 1 aliphatic carbocycles. The van der Waals surface area contributed by atoms with Gasteiger partial charge in [-0.1, -0.05) is 36.8 Å². The van der Waals surface area contributed by atoms with Crippen LogP contribution < -0.4 is 0 Å². The van der Waals surface area contributed by atoms with Crippen molar-refractivity contribution in [2.75, 3.05) is 0 Å². The summed E-state index contributed by atoms with van der Waals surface area (Å²) in [5.74, 6) is 0.303. The molecule has 3 heteroatoms. The van der Waals surface area contributed by atoms with E-state index in [1.54, 1.807) is 0 Å². The lowest BCUT2D eigenvalue weighted by atomic mass is 9.82. The quantitative estimate of drug-likeness (QED) is 0.726. The number of carbonyl (C=O) groups excluding carboxylic acids is 1. The second-order valence-electron chi connectivity index (χ2n) is 4.20. The summed E-state index contributed by atoms with van der Waals surface area (Å²) in [5.41, 5.74) is 0.554. The highest BCUT2D eigenvalue weighted by Gasteiger charge is 2.28. The first-order chi connectivity index (χ1) is 7.77. The standard InChI is InChI=1S/C13H15ClO2/c14-13(15)16-12-9-5-4-8-11(12)10-6-2-1-3-7-10/h1-3,6-7,11-12H,4-5,8-9H2/t11-,12+/m1/s1. The molecule has 16 heavy (non-hydrogen) atoms. The van der Waals surface area contributed by atoms with E-state index in [0.29, 0.717) is 5.92 Å². The minimum atomic E-state index is -0.687. The van der Waals surface area contributed by atoms with Gasteiger partial charge in [-0.2, -0.15) is 0 Å². The molecule has 0 saturated heterocycles. The Morgan fingerprint density at radius 2 is 1.88 bits per heavy atom. The molecule has 0 radical (unpaired) electrons. The van der Waals surface area contributed by atoms with E-state index in [4.69, 9.17) is 16.3 Å². The third-order valence-corrected chi connectivity index (χ3v) is 3.26. The van der Waals surface area contributed by atoms with Crippen molar-refractivity contribution in [3.05, 3.63) is 35.9 Å². The zero-order valence-electron chi connectivity index (χ0n) is 9.06. The SMILES string of the molecule is O=C(Cl)O[C@H]1CCCC[C@@H]1c1ccccc1. The van der Waals surface area contributed by atoms with E-state index in [2.05, 4.69) is 12.1 Å². The normalized spacial score (nSPS) is 25.1. The first kappa shape index (κ1) is 11.5. The van der Waals surface area contributed by atoms with Crippen LogP contribution in [0, 0.1) is 0 Å². The first-order valence-corrected chi connectivity index (χ1v) is 6.06. The molecule has 0 aromatic heterocycles. The van der Waals surface area contributed by atoms with Crippen LogP contribution in [-0.4, -0.2) is 11.5 Å². The monoisotopic (exact) mass is 238 g/mol. The predicted octanol–water partition coefficient (Wildman–Crippen LogP) is 4.09. The van der Waals surface area contributed by atoms with Crippen LogP contribution >= 0.6 is 11.6 Å². The largest absolute Gasteiger partial charge is 0.450 e. The Morgan fingerprint density at radius 1 is 1.19 bits per heavy atom. The van der Waals surface area contributed by atoms with Gasteiger partial charge < -0.3 is 4.74 Å². The zero-order chi connectivity index (χ0) is 11.4. The second kappa shape index (κ2) is 5.35. The molecule has 1 aromatic carbocycles. The third-order valence-electron chi connectivity index (χ3n) is 3.17. The molecule has 0 unspecified atom stereocenters. The van der Waals surface area contributed by atoms with Crippen LogP contribution in [0.5, 0.6) is 0 Å². The van der Waals surface area contributed by atoms with Crippen molar-refractivity contribution in [2.45, 2.75) is 37.7 Å². The van der Waals surface area contributed by atoms with Crippen molar-refractivity contribution in [3.8, 4) is 0 Å². The van der Waals surface area contributed by atoms with E-state index in [1.807, 2.05) is 18.2 Å². The van der Waals surface area contributed by atoms with Gasteiger partial charge in [0.25, 0.3) is 0 Å². The van der Waals surface area contributed by atoms with Crippen molar-refractivity contribution in [2.24, 2.45) is 0 Å². The van der Waals surface area contributed by atoms with Crippen LogP contribution in [0.25, 0.3) is 0 Å². The highest BCUT2D eigenvalue weighted by molar-refractivity contribution is 6.61. The summed E-state index contributed by atoms with van der Waals surface area (Å²) in [7, 11) is 0. The van der Waals surface area contributed by atoms with Gasteiger partial charge in [0.15, 0.2) is 0 Å². The lowest BCUT2D eigenvalue weighted by Gasteiger charge is -2.30. The molecule has 1 aliphatic rings. The van der Waals surface area contributed by atoms with Crippen LogP contribution in [0.2, 0.25) is 0 Å². The summed E-state index contributed by atoms with van der Waals surface area (Å²) in [5, 5.41) is 0. The maximum Gasteiger partial charge on any atom is 0.404 e. The van der Waals surface area contributed by atoms with Gasteiger partial charge in [0.05, 0.1) is 0 Å². The molecular weight excluding hydrogens is 224 g/mol. The molecule has 0 spiro atoms. The van der Waals surface area contributed by atoms with E-state index >= 15 is 0 Å². The zero-order valence-corrected chi connectivity index (χ0v) is 9.82. The molecule has 1 aromatic rings. The van der Waals surface area contributed by atoms with Crippen molar-refractivity contribution < 1.29 is 9.53 Å². The Bertz CT molecular complexity index is 350. The van der Waals surface area contributed by atoms with Gasteiger partial charge in [-0.3, -0.25) is 0 Å². The maximum atomic E-state index is 10.8. The highest BCUT2D eigenvalue weighted by atomic mass is 35.5. The van der Waals surface area contributed by atoms with E-state index < -0.39 is 5.43 Å². The highest BCUT2D eigenvalue weighted by Crippen LogP contribution is 2.35. The summed E-state index contributed by atoms with van der Waals surface area (Å²) in [6.45, 7) is 0. The van der Waals surface area contributed by atoms with Gasteiger partial charge in [-0.15, -0.1) is 0 Å². The van der Waals surface area contributed by atoms with E-state index in [1.165, 1.54) is 12.0 Å². The number of ether oxygens (including phenoxy) is 1. The molecule has 86 valence electrons. The molecule has 0 N–H and O–H groups in total. The average molecular weight is 239 g/mol. The smallest absolute Gasteiger partial charge is 0.404 e. The Morgan fingerprint density at radius 3 is 2.56 bits per heavy atom. The maximum absolute atomic E-state index is 10.8. The molecule has 1 saturated carbocycles. The lowest BCUT2D eigenvalue weighted by Crippen LogP contribution is -2.26. The molecular formula is C13H15ClO2. The Balaban J connectivity index is 2.13. The molecule has 2 nitrogen and oxygen atoms in total. The summed E-state index contributed by atoms with van der Waals surface area (Å²) in [6.07, 6.45) is 4.23. The first-order valence-electron chi connectivity index (χ1n) is 5.68.